The maximum Gasteiger partial charge on any atom is 0.243 e. The number of hydrogen-bond acceptors (Lipinski definition) is 5. The fourth-order valence-corrected chi connectivity index (χ4v) is 4.78. The Labute approximate surface area is 168 Å². The molecule has 0 radical (unpaired) electrons. The topological polar surface area (TPSA) is 76.2 Å². The average Bonchev–Trinajstić information content (AvgIpc) is 2.72. The number of ether oxygens (including phenoxy) is 2. The Bertz CT molecular complexity index is 743. The molecule has 1 fully saturated rings. The zero-order valence-corrected chi connectivity index (χ0v) is 18.0. The number of nitrogens with zero attached hydrogens (tertiary/aromatic N) is 2. The molecule has 1 aliphatic heterocycles. The van der Waals surface area contributed by atoms with Crippen molar-refractivity contribution in [3.05, 3.63) is 18.2 Å². The van der Waals surface area contributed by atoms with Gasteiger partial charge in [-0.3, -0.25) is 4.79 Å². The molecule has 0 aliphatic carbocycles. The van der Waals surface area contributed by atoms with Gasteiger partial charge in [0.15, 0.2) is 11.5 Å². The van der Waals surface area contributed by atoms with E-state index in [1.807, 2.05) is 0 Å². The Morgan fingerprint density at radius 1 is 0.964 bits per heavy atom. The number of piperazine rings is 1. The van der Waals surface area contributed by atoms with E-state index in [-0.39, 0.29) is 10.8 Å². The van der Waals surface area contributed by atoms with Crippen LogP contribution in [-0.4, -0.2) is 63.9 Å². The molecular weight excluding hydrogens is 380 g/mol. The van der Waals surface area contributed by atoms with Crippen molar-refractivity contribution < 1.29 is 22.7 Å². The van der Waals surface area contributed by atoms with Gasteiger partial charge in [-0.15, -0.1) is 0 Å². The van der Waals surface area contributed by atoms with Crippen LogP contribution >= 0.6 is 0 Å². The Morgan fingerprint density at radius 2 is 1.61 bits per heavy atom. The van der Waals surface area contributed by atoms with Crippen LogP contribution < -0.4 is 9.47 Å². The quantitative estimate of drug-likeness (QED) is 0.552. The Morgan fingerprint density at radius 3 is 2.21 bits per heavy atom. The lowest BCUT2D eigenvalue weighted by molar-refractivity contribution is -0.132. The molecular formula is C20H32N2O5S. The van der Waals surface area contributed by atoms with E-state index in [2.05, 4.69) is 6.92 Å². The van der Waals surface area contributed by atoms with Gasteiger partial charge < -0.3 is 14.4 Å². The van der Waals surface area contributed by atoms with E-state index in [0.717, 1.165) is 12.8 Å². The second-order valence-corrected chi connectivity index (χ2v) is 8.90. The molecule has 1 aliphatic rings. The van der Waals surface area contributed by atoms with Crippen molar-refractivity contribution in [1.82, 2.24) is 9.21 Å². The number of rotatable bonds is 10. The van der Waals surface area contributed by atoms with E-state index < -0.39 is 10.0 Å². The van der Waals surface area contributed by atoms with Crippen molar-refractivity contribution in [3.8, 4) is 11.5 Å². The van der Waals surface area contributed by atoms with E-state index in [0.29, 0.717) is 44.1 Å². The van der Waals surface area contributed by atoms with Gasteiger partial charge in [-0.2, -0.15) is 4.31 Å². The SMILES string of the molecule is CCCCCCCC(=O)N1CCN(S(=O)(=O)c2ccc(OC)c(OC)c2)CC1. The second-order valence-electron chi connectivity index (χ2n) is 6.97. The van der Waals surface area contributed by atoms with E-state index in [1.165, 1.54) is 49.9 Å². The zero-order valence-electron chi connectivity index (χ0n) is 17.1. The minimum Gasteiger partial charge on any atom is -0.493 e. The summed E-state index contributed by atoms with van der Waals surface area (Å²) in [5.41, 5.74) is 0. The van der Waals surface area contributed by atoms with E-state index in [9.17, 15) is 13.2 Å². The van der Waals surface area contributed by atoms with Crippen LogP contribution in [0.25, 0.3) is 0 Å². The lowest BCUT2D eigenvalue weighted by atomic mass is 10.1. The molecule has 1 saturated heterocycles. The minimum absolute atomic E-state index is 0.125. The van der Waals surface area contributed by atoms with Gasteiger partial charge in [0.1, 0.15) is 0 Å². The summed E-state index contributed by atoms with van der Waals surface area (Å²) >= 11 is 0. The highest BCUT2D eigenvalue weighted by atomic mass is 32.2. The van der Waals surface area contributed by atoms with Gasteiger partial charge in [0.2, 0.25) is 15.9 Å². The van der Waals surface area contributed by atoms with E-state index in [4.69, 9.17) is 9.47 Å². The predicted octanol–water partition coefficient (Wildman–Crippen LogP) is 2.90. The number of carbonyl (C=O) groups is 1. The third-order valence-electron chi connectivity index (χ3n) is 5.08. The van der Waals surface area contributed by atoms with Crippen molar-refractivity contribution >= 4 is 15.9 Å². The summed E-state index contributed by atoms with van der Waals surface area (Å²) in [6.07, 6.45) is 6.09. The maximum atomic E-state index is 12.9. The van der Waals surface area contributed by atoms with Crippen molar-refractivity contribution in [2.45, 2.75) is 50.3 Å². The molecule has 158 valence electrons. The minimum atomic E-state index is -3.64. The molecule has 0 N–H and O–H groups in total. The van der Waals surface area contributed by atoms with Crippen LogP contribution in [0.2, 0.25) is 0 Å². The highest BCUT2D eigenvalue weighted by molar-refractivity contribution is 7.89. The molecule has 1 aromatic rings. The van der Waals surface area contributed by atoms with Crippen LogP contribution in [0.3, 0.4) is 0 Å². The first-order valence-corrected chi connectivity index (χ1v) is 11.4. The number of sulfonamides is 1. The van der Waals surface area contributed by atoms with Gasteiger partial charge in [0.25, 0.3) is 0 Å². The zero-order chi connectivity index (χ0) is 20.6. The summed E-state index contributed by atoms with van der Waals surface area (Å²) < 4.78 is 37.7. The molecule has 28 heavy (non-hydrogen) atoms. The molecule has 0 aromatic heterocycles. The molecule has 1 heterocycles. The Balaban J connectivity index is 1.92. The monoisotopic (exact) mass is 412 g/mol. The van der Waals surface area contributed by atoms with Gasteiger partial charge in [-0.1, -0.05) is 32.6 Å². The summed E-state index contributed by atoms with van der Waals surface area (Å²) in [5.74, 6) is 0.982. The lowest BCUT2D eigenvalue weighted by Crippen LogP contribution is -2.50. The van der Waals surface area contributed by atoms with Crippen LogP contribution in [0.1, 0.15) is 45.4 Å². The summed E-state index contributed by atoms with van der Waals surface area (Å²) in [4.78, 5) is 14.3. The summed E-state index contributed by atoms with van der Waals surface area (Å²) in [6, 6.07) is 4.58. The molecule has 0 atom stereocenters. The molecule has 0 spiro atoms. The number of unbranched alkanes of at least 4 members (excludes halogenated alkanes) is 4. The van der Waals surface area contributed by atoms with Crippen LogP contribution in [-0.2, 0) is 14.8 Å². The number of methoxy groups -OCH3 is 2. The largest absolute Gasteiger partial charge is 0.493 e. The average molecular weight is 413 g/mol. The fourth-order valence-electron chi connectivity index (χ4n) is 3.34. The van der Waals surface area contributed by atoms with Gasteiger partial charge in [-0.05, 0) is 18.6 Å². The standard InChI is InChI=1S/C20H32N2O5S/c1-4-5-6-7-8-9-20(23)21-12-14-22(15-13-21)28(24,25)17-10-11-18(26-2)19(16-17)27-3/h10-11,16H,4-9,12-15H2,1-3H3. The van der Waals surface area contributed by atoms with Gasteiger partial charge in [-0.25, -0.2) is 8.42 Å². The lowest BCUT2D eigenvalue weighted by Gasteiger charge is -2.34. The predicted molar refractivity (Wildman–Crippen MR) is 108 cm³/mol. The third-order valence-corrected chi connectivity index (χ3v) is 6.97. The highest BCUT2D eigenvalue weighted by Gasteiger charge is 2.30. The number of hydrogen-bond donors (Lipinski definition) is 0. The van der Waals surface area contributed by atoms with E-state index in [1.54, 1.807) is 11.0 Å². The molecule has 1 amide bonds. The molecule has 7 nitrogen and oxygen atoms in total. The Kier molecular flexibility index (Phi) is 8.57. The Hall–Kier alpha value is -1.80. The number of benzene rings is 1. The van der Waals surface area contributed by atoms with Gasteiger partial charge in [0, 0.05) is 38.7 Å². The highest BCUT2D eigenvalue weighted by Crippen LogP contribution is 2.30. The van der Waals surface area contributed by atoms with Crippen molar-refractivity contribution in [2.75, 3.05) is 40.4 Å². The van der Waals surface area contributed by atoms with Crippen LogP contribution in [0.4, 0.5) is 0 Å². The van der Waals surface area contributed by atoms with Crippen LogP contribution in [0.5, 0.6) is 11.5 Å². The smallest absolute Gasteiger partial charge is 0.243 e. The first-order valence-electron chi connectivity index (χ1n) is 9.94. The van der Waals surface area contributed by atoms with Gasteiger partial charge in [0.05, 0.1) is 19.1 Å². The second kappa shape index (κ2) is 10.7. The molecule has 8 heteroatoms. The first-order chi connectivity index (χ1) is 13.4. The number of amides is 1. The third kappa shape index (κ3) is 5.61. The molecule has 2 rings (SSSR count). The van der Waals surface area contributed by atoms with Crippen molar-refractivity contribution in [3.63, 3.8) is 0 Å². The molecule has 1 aromatic carbocycles. The first kappa shape index (κ1) is 22.5. The van der Waals surface area contributed by atoms with E-state index >= 15 is 0 Å². The summed E-state index contributed by atoms with van der Waals surface area (Å²) in [5, 5.41) is 0. The van der Waals surface area contributed by atoms with Gasteiger partial charge >= 0.3 is 0 Å². The fraction of sp³-hybridized carbons (Fsp3) is 0.650. The number of carbonyl (C=O) groups excluding carboxylic acids is 1. The van der Waals surface area contributed by atoms with Crippen molar-refractivity contribution in [1.29, 1.82) is 0 Å². The summed E-state index contributed by atoms with van der Waals surface area (Å²) in [7, 11) is -0.657. The van der Waals surface area contributed by atoms with Crippen LogP contribution in [0, 0.1) is 0 Å². The van der Waals surface area contributed by atoms with Crippen LogP contribution in [0.15, 0.2) is 23.1 Å². The maximum absolute atomic E-state index is 12.9. The molecule has 0 unspecified atom stereocenters. The molecule has 0 bridgehead atoms. The summed E-state index contributed by atoms with van der Waals surface area (Å²) in [6.45, 7) is 3.64. The molecule has 0 saturated carbocycles. The van der Waals surface area contributed by atoms with Crippen molar-refractivity contribution in [2.24, 2.45) is 0 Å². The normalized spacial score (nSPS) is 15.5.